The number of allylic oxidation sites excluding steroid dienone is 2. The highest BCUT2D eigenvalue weighted by Crippen LogP contribution is 2.51. The topological polar surface area (TPSA) is 96.2 Å². The molecule has 6 nitrogen and oxygen atoms in total. The van der Waals surface area contributed by atoms with Crippen molar-refractivity contribution in [2.75, 3.05) is 6.61 Å². The molecule has 2 aliphatic rings. The van der Waals surface area contributed by atoms with Gasteiger partial charge in [-0.15, -0.1) is 0 Å². The third-order valence-corrected chi connectivity index (χ3v) is 5.59. The number of ketones is 1. The van der Waals surface area contributed by atoms with E-state index in [1.165, 1.54) is 18.2 Å². The minimum atomic E-state index is -0.807. The molecule has 31 heavy (non-hydrogen) atoms. The average molecular weight is 422 g/mol. The summed E-state index contributed by atoms with van der Waals surface area (Å²) in [6.45, 7) is 7.77. The van der Waals surface area contributed by atoms with E-state index in [1.807, 2.05) is 45.9 Å². The number of phenols is 3. The third kappa shape index (κ3) is 3.63. The lowest BCUT2D eigenvalue weighted by atomic mass is 9.84. The van der Waals surface area contributed by atoms with E-state index in [0.717, 1.165) is 5.57 Å². The van der Waals surface area contributed by atoms with Crippen LogP contribution in [0.15, 0.2) is 35.9 Å². The minimum absolute atomic E-state index is 0.000594. The highest BCUT2D eigenvalue weighted by molar-refractivity contribution is 6.08. The molecule has 1 atom stereocenters. The van der Waals surface area contributed by atoms with Crippen molar-refractivity contribution in [1.82, 2.24) is 0 Å². The second kappa shape index (κ2) is 7.38. The van der Waals surface area contributed by atoms with E-state index in [2.05, 4.69) is 0 Å². The molecule has 0 spiro atoms. The number of phenolic OH excluding ortho intramolecular Hbond substituents is 3. The zero-order valence-corrected chi connectivity index (χ0v) is 18.0. The van der Waals surface area contributed by atoms with Crippen LogP contribution in [0.1, 0.15) is 60.7 Å². The van der Waals surface area contributed by atoms with Crippen molar-refractivity contribution in [3.8, 4) is 28.7 Å². The molecule has 6 heteroatoms. The highest BCUT2D eigenvalue weighted by Gasteiger charge is 2.39. The SMILES string of the molecule is CC(C)=CCc1c(O)c2c(c3c1OC(C)(C)C=C3)OC[C@H](c1ccc(O)cc1O)C2=O. The summed E-state index contributed by atoms with van der Waals surface area (Å²) in [5, 5.41) is 31.0. The summed E-state index contributed by atoms with van der Waals surface area (Å²) in [6, 6.07) is 4.08. The molecular formula is C25H26O6. The van der Waals surface area contributed by atoms with E-state index < -0.39 is 11.5 Å². The Balaban J connectivity index is 1.89. The fraction of sp³-hybridized carbons (Fsp3) is 0.320. The molecule has 0 fully saturated rings. The Labute approximate surface area is 181 Å². The van der Waals surface area contributed by atoms with E-state index in [9.17, 15) is 20.1 Å². The average Bonchev–Trinajstić information content (AvgIpc) is 2.67. The zero-order valence-electron chi connectivity index (χ0n) is 18.0. The maximum absolute atomic E-state index is 13.5. The molecule has 2 heterocycles. The van der Waals surface area contributed by atoms with E-state index in [4.69, 9.17) is 9.47 Å². The number of benzene rings is 2. The molecule has 0 saturated carbocycles. The van der Waals surface area contributed by atoms with Gasteiger partial charge in [-0.1, -0.05) is 17.7 Å². The Morgan fingerprint density at radius 2 is 1.94 bits per heavy atom. The molecule has 0 aromatic heterocycles. The van der Waals surface area contributed by atoms with E-state index >= 15 is 0 Å². The van der Waals surface area contributed by atoms with Gasteiger partial charge < -0.3 is 24.8 Å². The summed E-state index contributed by atoms with van der Waals surface area (Å²) in [7, 11) is 0. The van der Waals surface area contributed by atoms with E-state index in [1.54, 1.807) is 0 Å². The first-order valence-electron chi connectivity index (χ1n) is 10.2. The number of Topliss-reactive ketones (excluding diaryl/α,β-unsaturated/α-hetero) is 1. The first-order valence-corrected chi connectivity index (χ1v) is 10.2. The van der Waals surface area contributed by atoms with Gasteiger partial charge in [-0.2, -0.15) is 0 Å². The molecule has 4 rings (SSSR count). The highest BCUT2D eigenvalue weighted by atomic mass is 16.5. The number of carbonyl (C=O) groups is 1. The van der Waals surface area contributed by atoms with Crippen molar-refractivity contribution in [2.45, 2.75) is 45.6 Å². The summed E-state index contributed by atoms with van der Waals surface area (Å²) in [4.78, 5) is 13.5. The van der Waals surface area contributed by atoms with Gasteiger partial charge in [0.2, 0.25) is 0 Å². The summed E-state index contributed by atoms with van der Waals surface area (Å²) >= 11 is 0. The van der Waals surface area contributed by atoms with Crippen molar-refractivity contribution in [3.63, 3.8) is 0 Å². The van der Waals surface area contributed by atoms with Crippen LogP contribution >= 0.6 is 0 Å². The fourth-order valence-electron chi connectivity index (χ4n) is 3.96. The number of aromatic hydroxyl groups is 3. The van der Waals surface area contributed by atoms with E-state index in [0.29, 0.717) is 34.6 Å². The number of rotatable bonds is 3. The number of carbonyl (C=O) groups excluding carboxylic acids is 1. The van der Waals surface area contributed by atoms with Crippen LogP contribution < -0.4 is 9.47 Å². The maximum Gasteiger partial charge on any atom is 0.181 e. The Bertz CT molecular complexity index is 1140. The van der Waals surface area contributed by atoms with Gasteiger partial charge in [0, 0.05) is 17.2 Å². The minimum Gasteiger partial charge on any atom is -0.508 e. The largest absolute Gasteiger partial charge is 0.508 e. The van der Waals surface area contributed by atoms with Crippen LogP contribution in [-0.4, -0.2) is 33.3 Å². The normalized spacial score (nSPS) is 18.5. The number of hydrogen-bond acceptors (Lipinski definition) is 6. The second-order valence-electron chi connectivity index (χ2n) is 8.77. The van der Waals surface area contributed by atoms with Gasteiger partial charge in [0.05, 0.1) is 11.5 Å². The molecule has 3 N–H and O–H groups in total. The third-order valence-electron chi connectivity index (χ3n) is 5.59. The summed E-state index contributed by atoms with van der Waals surface area (Å²) < 4.78 is 12.1. The number of hydrogen-bond donors (Lipinski definition) is 3. The van der Waals surface area contributed by atoms with Crippen molar-refractivity contribution >= 4 is 11.9 Å². The Morgan fingerprint density at radius 1 is 1.19 bits per heavy atom. The molecule has 0 radical (unpaired) electrons. The fourth-order valence-corrected chi connectivity index (χ4v) is 3.96. The predicted molar refractivity (Wildman–Crippen MR) is 117 cm³/mol. The van der Waals surface area contributed by atoms with Crippen molar-refractivity contribution < 1.29 is 29.6 Å². The second-order valence-corrected chi connectivity index (χ2v) is 8.77. The summed E-state index contributed by atoms with van der Waals surface area (Å²) in [5.74, 6) is -0.809. The van der Waals surface area contributed by atoms with E-state index in [-0.39, 0.29) is 35.2 Å². The van der Waals surface area contributed by atoms with Crippen molar-refractivity contribution in [2.24, 2.45) is 0 Å². The van der Waals surface area contributed by atoms with Gasteiger partial charge in [0.1, 0.15) is 46.5 Å². The first kappa shape index (κ1) is 20.8. The molecule has 2 aromatic rings. The zero-order chi connectivity index (χ0) is 22.5. The summed E-state index contributed by atoms with van der Waals surface area (Å²) in [5.41, 5.74) is 2.10. The lowest BCUT2D eigenvalue weighted by Gasteiger charge is -2.34. The van der Waals surface area contributed by atoms with Gasteiger partial charge >= 0.3 is 0 Å². The van der Waals surface area contributed by atoms with Crippen LogP contribution in [0.5, 0.6) is 28.7 Å². The lowest BCUT2D eigenvalue weighted by molar-refractivity contribution is 0.0887. The standard InChI is InChI=1S/C25H26O6/c1-13(2)5-7-16-21(28)20-22(29)18(15-8-6-14(26)11-19(15)27)12-30-24(20)17-9-10-25(3,4)31-23(16)17/h5-6,8-11,18,26-28H,7,12H2,1-4H3/t18-/m1/s1. The monoisotopic (exact) mass is 422 g/mol. The molecule has 2 aliphatic heterocycles. The predicted octanol–water partition coefficient (Wildman–Crippen LogP) is 4.86. The molecule has 2 aromatic carbocycles. The van der Waals surface area contributed by atoms with Gasteiger partial charge in [-0.25, -0.2) is 0 Å². The van der Waals surface area contributed by atoms with Crippen LogP contribution in [0.3, 0.4) is 0 Å². The first-order chi connectivity index (χ1) is 14.6. The van der Waals surface area contributed by atoms with Gasteiger partial charge in [0.15, 0.2) is 5.78 Å². The Kier molecular flexibility index (Phi) is 4.96. The Morgan fingerprint density at radius 3 is 2.61 bits per heavy atom. The molecule has 0 aliphatic carbocycles. The molecular weight excluding hydrogens is 396 g/mol. The molecule has 0 bridgehead atoms. The van der Waals surface area contributed by atoms with Crippen LogP contribution in [0.2, 0.25) is 0 Å². The molecule has 0 amide bonds. The summed E-state index contributed by atoms with van der Waals surface area (Å²) in [6.07, 6.45) is 6.13. The Hall–Kier alpha value is -3.41. The molecule has 162 valence electrons. The quantitative estimate of drug-likeness (QED) is 0.612. The maximum atomic E-state index is 13.5. The van der Waals surface area contributed by atoms with Gasteiger partial charge in [0.25, 0.3) is 0 Å². The number of fused-ring (bicyclic) bond motifs is 3. The molecule has 0 saturated heterocycles. The van der Waals surface area contributed by atoms with Crippen LogP contribution in [0, 0.1) is 0 Å². The van der Waals surface area contributed by atoms with Crippen molar-refractivity contribution in [3.05, 3.63) is 58.2 Å². The van der Waals surface area contributed by atoms with Gasteiger partial charge in [-0.05, 0) is 52.3 Å². The van der Waals surface area contributed by atoms with Crippen molar-refractivity contribution in [1.29, 1.82) is 0 Å². The van der Waals surface area contributed by atoms with Crippen LogP contribution in [0.25, 0.3) is 6.08 Å². The lowest BCUT2D eigenvalue weighted by Crippen LogP contribution is -2.31. The van der Waals surface area contributed by atoms with Crippen LogP contribution in [0.4, 0.5) is 0 Å². The molecule has 0 unspecified atom stereocenters. The van der Waals surface area contributed by atoms with Gasteiger partial charge in [-0.3, -0.25) is 4.79 Å². The smallest absolute Gasteiger partial charge is 0.181 e. The number of ether oxygens (including phenoxy) is 2. The van der Waals surface area contributed by atoms with Crippen LogP contribution in [-0.2, 0) is 6.42 Å².